The van der Waals surface area contributed by atoms with Gasteiger partial charge in [-0.05, 0) is 12.8 Å². The fourth-order valence-corrected chi connectivity index (χ4v) is 2.23. The third-order valence-electron chi connectivity index (χ3n) is 2.69. The highest BCUT2D eigenvalue weighted by Crippen LogP contribution is 2.36. The minimum Gasteiger partial charge on any atom is -0.317 e. The molecule has 1 heterocycles. The van der Waals surface area contributed by atoms with Crippen LogP contribution in [-0.2, 0) is 6.54 Å². The largest absolute Gasteiger partial charge is 0.317 e. The Labute approximate surface area is 92.0 Å². The van der Waals surface area contributed by atoms with Gasteiger partial charge in [0.1, 0.15) is 10.8 Å². The van der Waals surface area contributed by atoms with Crippen molar-refractivity contribution in [3.63, 3.8) is 0 Å². The summed E-state index contributed by atoms with van der Waals surface area (Å²) in [5, 5.41) is 0.573. The average molecular weight is 237 g/mol. The molecule has 0 bridgehead atoms. The van der Waals surface area contributed by atoms with E-state index in [1.165, 1.54) is 6.33 Å². The lowest BCUT2D eigenvalue weighted by Crippen LogP contribution is -2.24. The van der Waals surface area contributed by atoms with E-state index in [2.05, 4.69) is 4.98 Å². The molecule has 78 valence electrons. The van der Waals surface area contributed by atoms with Gasteiger partial charge in [0.2, 0.25) is 0 Å². The van der Waals surface area contributed by atoms with Gasteiger partial charge in [0.25, 0.3) is 0 Å². The molecule has 0 unspecified atom stereocenters. The van der Waals surface area contributed by atoms with E-state index in [4.69, 9.17) is 23.2 Å². The highest BCUT2D eigenvalue weighted by Gasteiger charge is 2.34. The maximum absolute atomic E-state index is 14.0. The average Bonchev–Trinajstić information content (AvgIpc) is 2.68. The normalized spacial score (nSPS) is 20.2. The van der Waals surface area contributed by atoms with Crippen LogP contribution in [0.2, 0.25) is 10.3 Å². The summed E-state index contributed by atoms with van der Waals surface area (Å²) >= 11 is 11.5. The van der Waals surface area contributed by atoms with Gasteiger partial charge in [-0.3, -0.25) is 0 Å². The molecule has 5 heteroatoms. The first-order valence-corrected chi connectivity index (χ1v) is 5.41. The van der Waals surface area contributed by atoms with Crippen LogP contribution in [0.25, 0.3) is 0 Å². The van der Waals surface area contributed by atoms with Gasteiger partial charge in [0.15, 0.2) is 5.15 Å². The Hall–Kier alpha value is -0.280. The third-order valence-corrected chi connectivity index (χ3v) is 3.46. The van der Waals surface area contributed by atoms with Crippen molar-refractivity contribution in [1.29, 1.82) is 0 Å². The number of hydrogen-bond donors (Lipinski definition) is 0. The highest BCUT2D eigenvalue weighted by molar-refractivity contribution is 6.40. The van der Waals surface area contributed by atoms with E-state index in [1.54, 1.807) is 4.57 Å². The van der Waals surface area contributed by atoms with Gasteiger partial charge < -0.3 is 4.57 Å². The molecule has 0 saturated heterocycles. The van der Waals surface area contributed by atoms with E-state index >= 15 is 0 Å². The number of nitrogens with zero attached hydrogens (tertiary/aromatic N) is 2. The van der Waals surface area contributed by atoms with Crippen molar-refractivity contribution in [2.75, 3.05) is 0 Å². The minimum atomic E-state index is -1.12. The van der Waals surface area contributed by atoms with E-state index in [9.17, 15) is 4.39 Å². The van der Waals surface area contributed by atoms with Crippen LogP contribution in [0.4, 0.5) is 4.39 Å². The molecular formula is C9H11Cl2FN2. The summed E-state index contributed by atoms with van der Waals surface area (Å²) in [6, 6.07) is 0. The number of imidazole rings is 1. The Balaban J connectivity index is 2.14. The smallest absolute Gasteiger partial charge is 0.166 e. The van der Waals surface area contributed by atoms with Gasteiger partial charge in [-0.2, -0.15) is 0 Å². The number of rotatable bonds is 2. The highest BCUT2D eigenvalue weighted by atomic mass is 35.5. The van der Waals surface area contributed by atoms with Gasteiger partial charge in [-0.15, -0.1) is 0 Å². The molecule has 1 saturated carbocycles. The van der Waals surface area contributed by atoms with E-state index in [0.717, 1.165) is 12.8 Å². The fraction of sp³-hybridized carbons (Fsp3) is 0.667. The Kier molecular flexibility index (Phi) is 2.71. The fourth-order valence-electron chi connectivity index (χ4n) is 1.93. The number of aromatic nitrogens is 2. The maximum Gasteiger partial charge on any atom is 0.166 e. The number of alkyl halides is 1. The minimum absolute atomic E-state index is 0.244. The van der Waals surface area contributed by atoms with Crippen molar-refractivity contribution in [2.45, 2.75) is 37.9 Å². The van der Waals surface area contributed by atoms with Crippen molar-refractivity contribution in [1.82, 2.24) is 9.55 Å². The van der Waals surface area contributed by atoms with Crippen molar-refractivity contribution in [3.8, 4) is 0 Å². The summed E-state index contributed by atoms with van der Waals surface area (Å²) < 4.78 is 15.6. The van der Waals surface area contributed by atoms with Crippen molar-refractivity contribution in [2.24, 2.45) is 0 Å². The first-order chi connectivity index (χ1) is 6.61. The van der Waals surface area contributed by atoms with Gasteiger partial charge in [0, 0.05) is 0 Å². The molecule has 0 atom stereocenters. The van der Waals surface area contributed by atoms with Gasteiger partial charge in [0.05, 0.1) is 12.9 Å². The number of halogens is 3. The second-order valence-electron chi connectivity index (χ2n) is 3.81. The SMILES string of the molecule is FC1(Cn2cnc(Cl)c2Cl)CCCC1. The van der Waals surface area contributed by atoms with Crippen LogP contribution in [0, 0.1) is 0 Å². The standard InChI is InChI=1S/C9H11Cl2FN2/c10-7-8(11)14(6-13-7)5-9(12)3-1-2-4-9/h6H,1-5H2. The maximum atomic E-state index is 14.0. The van der Waals surface area contributed by atoms with Gasteiger partial charge in [-0.25, -0.2) is 9.37 Å². The lowest BCUT2D eigenvalue weighted by Gasteiger charge is -2.19. The zero-order valence-electron chi connectivity index (χ0n) is 7.64. The Bertz CT molecular complexity index is 332. The van der Waals surface area contributed by atoms with Crippen LogP contribution >= 0.6 is 23.2 Å². The predicted octanol–water partition coefficient (Wildman–Crippen LogP) is 3.47. The molecule has 2 rings (SSSR count). The molecule has 14 heavy (non-hydrogen) atoms. The lowest BCUT2D eigenvalue weighted by molar-refractivity contribution is 0.145. The van der Waals surface area contributed by atoms with Crippen molar-refractivity contribution < 1.29 is 4.39 Å². The summed E-state index contributed by atoms with van der Waals surface area (Å²) in [6.45, 7) is 0.269. The topological polar surface area (TPSA) is 17.8 Å². The quantitative estimate of drug-likeness (QED) is 0.769. The summed E-state index contributed by atoms with van der Waals surface area (Å²) in [5.41, 5.74) is -1.12. The third kappa shape index (κ3) is 1.89. The summed E-state index contributed by atoms with van der Waals surface area (Å²) in [4.78, 5) is 3.82. The molecule has 0 aliphatic heterocycles. The summed E-state index contributed by atoms with van der Waals surface area (Å²) in [7, 11) is 0. The first-order valence-electron chi connectivity index (χ1n) is 4.66. The Morgan fingerprint density at radius 2 is 2.07 bits per heavy atom. The molecule has 0 N–H and O–H groups in total. The predicted molar refractivity (Wildman–Crippen MR) is 54.6 cm³/mol. The van der Waals surface area contributed by atoms with Crippen molar-refractivity contribution in [3.05, 3.63) is 16.6 Å². The molecule has 2 nitrogen and oxygen atoms in total. The molecule has 1 aliphatic carbocycles. The molecule has 0 amide bonds. The van der Waals surface area contributed by atoms with E-state index in [1.807, 2.05) is 0 Å². The van der Waals surface area contributed by atoms with E-state index in [0.29, 0.717) is 18.0 Å². The molecule has 0 spiro atoms. The summed E-state index contributed by atoms with van der Waals surface area (Å²) in [5.74, 6) is 0. The van der Waals surface area contributed by atoms with Crippen LogP contribution in [0.1, 0.15) is 25.7 Å². The lowest BCUT2D eigenvalue weighted by atomic mass is 10.1. The van der Waals surface area contributed by atoms with E-state index < -0.39 is 5.67 Å². The first kappa shape index (κ1) is 10.2. The van der Waals surface area contributed by atoms with Crippen LogP contribution in [0.3, 0.4) is 0 Å². The van der Waals surface area contributed by atoms with Crippen LogP contribution in [-0.4, -0.2) is 15.2 Å². The number of hydrogen-bond acceptors (Lipinski definition) is 1. The molecule has 1 fully saturated rings. The second kappa shape index (κ2) is 3.70. The van der Waals surface area contributed by atoms with Crippen LogP contribution in [0.5, 0.6) is 0 Å². The molecular weight excluding hydrogens is 226 g/mol. The molecule has 1 aromatic rings. The van der Waals surface area contributed by atoms with Crippen molar-refractivity contribution >= 4 is 23.2 Å². The zero-order valence-corrected chi connectivity index (χ0v) is 9.15. The second-order valence-corrected chi connectivity index (χ2v) is 4.53. The van der Waals surface area contributed by atoms with Gasteiger partial charge in [-0.1, -0.05) is 36.0 Å². The molecule has 1 aliphatic rings. The van der Waals surface area contributed by atoms with Crippen LogP contribution in [0.15, 0.2) is 6.33 Å². The Morgan fingerprint density at radius 1 is 1.43 bits per heavy atom. The van der Waals surface area contributed by atoms with E-state index in [-0.39, 0.29) is 11.7 Å². The molecule has 1 aromatic heterocycles. The Morgan fingerprint density at radius 3 is 2.57 bits per heavy atom. The molecule has 0 aromatic carbocycles. The zero-order chi connectivity index (χ0) is 10.2. The monoisotopic (exact) mass is 236 g/mol. The van der Waals surface area contributed by atoms with Gasteiger partial charge >= 0.3 is 0 Å². The van der Waals surface area contributed by atoms with Crippen LogP contribution < -0.4 is 0 Å². The summed E-state index contributed by atoms with van der Waals surface area (Å²) in [6.07, 6.45) is 4.62. The molecule has 0 radical (unpaired) electrons.